The summed E-state index contributed by atoms with van der Waals surface area (Å²) in [6.07, 6.45) is 15.1. The number of aliphatic hydroxyl groups excluding tert-OH is 1. The van der Waals surface area contributed by atoms with Crippen LogP contribution in [0.15, 0.2) is 12.2 Å². The normalized spacial score (nSPS) is 12.6. The molecule has 0 radical (unpaired) electrons. The van der Waals surface area contributed by atoms with Crippen LogP contribution in [-0.2, 0) is 9.59 Å². The van der Waals surface area contributed by atoms with Gasteiger partial charge in [0, 0.05) is 6.42 Å². The monoisotopic (exact) mass is 312 g/mol. The second-order valence-corrected chi connectivity index (χ2v) is 5.97. The highest BCUT2D eigenvalue weighted by Crippen LogP contribution is 2.09. The standard InChI is InChI=1S/C18H32O4/c1-16(19)14-12-10-8-6-4-2-3-5-7-9-11-13-15-17(20)18(21)22/h2-3,17,20H,4-15H2,1H3,(H,21,22)/b3-2+. The minimum Gasteiger partial charge on any atom is -0.479 e. The molecular weight excluding hydrogens is 280 g/mol. The molecule has 2 N–H and O–H groups in total. The zero-order valence-electron chi connectivity index (χ0n) is 13.9. The first-order chi connectivity index (χ1) is 10.5. The third-order valence-corrected chi connectivity index (χ3v) is 3.70. The number of ketones is 1. The van der Waals surface area contributed by atoms with Gasteiger partial charge in [0.05, 0.1) is 0 Å². The molecule has 0 aliphatic heterocycles. The smallest absolute Gasteiger partial charge is 0.332 e. The van der Waals surface area contributed by atoms with E-state index in [1.807, 2.05) is 0 Å². The van der Waals surface area contributed by atoms with Crippen molar-refractivity contribution in [3.8, 4) is 0 Å². The molecule has 0 fully saturated rings. The SMILES string of the molecule is CC(=O)CCCCCC/C=C/CCCCCCC(O)C(=O)O. The van der Waals surface area contributed by atoms with Crippen LogP contribution in [-0.4, -0.2) is 28.1 Å². The molecule has 0 aromatic rings. The lowest BCUT2D eigenvalue weighted by molar-refractivity contribution is -0.147. The summed E-state index contributed by atoms with van der Waals surface area (Å²) in [6, 6.07) is 0. The van der Waals surface area contributed by atoms with E-state index in [1.165, 1.54) is 12.8 Å². The van der Waals surface area contributed by atoms with E-state index in [4.69, 9.17) is 10.2 Å². The minimum atomic E-state index is -1.20. The quantitative estimate of drug-likeness (QED) is 0.350. The van der Waals surface area contributed by atoms with Gasteiger partial charge in [-0.05, 0) is 45.4 Å². The Kier molecular flexibility index (Phi) is 14.0. The summed E-state index contributed by atoms with van der Waals surface area (Å²) < 4.78 is 0. The van der Waals surface area contributed by atoms with Crippen LogP contribution < -0.4 is 0 Å². The van der Waals surface area contributed by atoms with Gasteiger partial charge in [0.25, 0.3) is 0 Å². The number of carbonyl (C=O) groups is 2. The Balaban J connectivity index is 3.21. The van der Waals surface area contributed by atoms with E-state index in [0.717, 1.165) is 57.8 Å². The minimum absolute atomic E-state index is 0.289. The molecule has 1 unspecified atom stereocenters. The molecule has 0 heterocycles. The number of carboxylic acids is 1. The summed E-state index contributed by atoms with van der Waals surface area (Å²) in [5.74, 6) is -0.832. The highest BCUT2D eigenvalue weighted by Gasteiger charge is 2.11. The van der Waals surface area contributed by atoms with Crippen LogP contribution in [0.1, 0.15) is 84.0 Å². The van der Waals surface area contributed by atoms with Gasteiger partial charge in [-0.25, -0.2) is 4.79 Å². The summed E-state index contributed by atoms with van der Waals surface area (Å²) >= 11 is 0. The fraction of sp³-hybridized carbons (Fsp3) is 0.778. The van der Waals surface area contributed by atoms with Gasteiger partial charge in [0.15, 0.2) is 6.10 Å². The first-order valence-corrected chi connectivity index (χ1v) is 8.59. The average Bonchev–Trinajstić information content (AvgIpc) is 2.46. The Morgan fingerprint density at radius 1 is 0.864 bits per heavy atom. The maximum atomic E-state index is 10.8. The van der Waals surface area contributed by atoms with E-state index in [9.17, 15) is 9.59 Å². The lowest BCUT2D eigenvalue weighted by Crippen LogP contribution is -2.18. The Hall–Kier alpha value is -1.16. The van der Waals surface area contributed by atoms with E-state index in [1.54, 1.807) is 6.92 Å². The maximum absolute atomic E-state index is 10.8. The summed E-state index contributed by atoms with van der Waals surface area (Å²) in [4.78, 5) is 21.2. The molecule has 0 aromatic heterocycles. The van der Waals surface area contributed by atoms with Crippen LogP contribution >= 0.6 is 0 Å². The van der Waals surface area contributed by atoms with Gasteiger partial charge >= 0.3 is 5.97 Å². The van der Waals surface area contributed by atoms with Crippen molar-refractivity contribution in [3.05, 3.63) is 12.2 Å². The number of unbranched alkanes of at least 4 members (excludes halogenated alkanes) is 8. The number of aliphatic hydroxyl groups is 1. The van der Waals surface area contributed by atoms with Gasteiger partial charge in [0.1, 0.15) is 5.78 Å². The average molecular weight is 312 g/mol. The van der Waals surface area contributed by atoms with Crippen molar-refractivity contribution < 1.29 is 19.8 Å². The summed E-state index contributed by atoms with van der Waals surface area (Å²) in [6.45, 7) is 1.65. The molecule has 1 atom stereocenters. The second kappa shape index (κ2) is 14.8. The largest absolute Gasteiger partial charge is 0.479 e. The van der Waals surface area contributed by atoms with Crippen LogP contribution in [0, 0.1) is 0 Å². The number of carboxylic acid groups (broad SMARTS) is 1. The van der Waals surface area contributed by atoms with Crippen LogP contribution in [0.3, 0.4) is 0 Å². The molecule has 0 rings (SSSR count). The van der Waals surface area contributed by atoms with Crippen molar-refractivity contribution in [2.75, 3.05) is 0 Å². The summed E-state index contributed by atoms with van der Waals surface area (Å²) in [5, 5.41) is 17.6. The molecule has 0 amide bonds. The van der Waals surface area contributed by atoms with Crippen molar-refractivity contribution in [3.63, 3.8) is 0 Å². The topological polar surface area (TPSA) is 74.6 Å². The zero-order valence-corrected chi connectivity index (χ0v) is 13.9. The molecule has 0 aromatic carbocycles. The molecule has 0 saturated heterocycles. The Labute approximate surface area is 134 Å². The van der Waals surface area contributed by atoms with Gasteiger partial charge in [-0.15, -0.1) is 0 Å². The number of carbonyl (C=O) groups excluding carboxylic acids is 1. The predicted octanol–water partition coefficient (Wildman–Crippen LogP) is 4.26. The number of hydrogen-bond acceptors (Lipinski definition) is 3. The first kappa shape index (κ1) is 20.8. The van der Waals surface area contributed by atoms with E-state index in [-0.39, 0.29) is 5.78 Å². The fourth-order valence-corrected chi connectivity index (χ4v) is 2.30. The van der Waals surface area contributed by atoms with Crippen molar-refractivity contribution in [2.24, 2.45) is 0 Å². The van der Waals surface area contributed by atoms with Crippen molar-refractivity contribution in [1.29, 1.82) is 0 Å². The van der Waals surface area contributed by atoms with Gasteiger partial charge in [-0.1, -0.05) is 44.3 Å². The molecule has 0 aliphatic rings. The predicted molar refractivity (Wildman–Crippen MR) is 88.9 cm³/mol. The molecule has 128 valence electrons. The molecule has 22 heavy (non-hydrogen) atoms. The fourth-order valence-electron chi connectivity index (χ4n) is 2.30. The summed E-state index contributed by atoms with van der Waals surface area (Å²) in [7, 11) is 0. The van der Waals surface area contributed by atoms with Gasteiger partial charge in [0.2, 0.25) is 0 Å². The molecule has 4 nitrogen and oxygen atoms in total. The van der Waals surface area contributed by atoms with E-state index >= 15 is 0 Å². The van der Waals surface area contributed by atoms with Crippen molar-refractivity contribution in [2.45, 2.75) is 90.1 Å². The number of Topliss-reactive ketones (excluding diaryl/α,β-unsaturated/α-hetero) is 1. The van der Waals surface area contributed by atoms with E-state index in [0.29, 0.717) is 6.42 Å². The van der Waals surface area contributed by atoms with Gasteiger partial charge < -0.3 is 15.0 Å². The van der Waals surface area contributed by atoms with Crippen LogP contribution in [0.25, 0.3) is 0 Å². The molecular formula is C18H32O4. The number of allylic oxidation sites excluding steroid dienone is 2. The third-order valence-electron chi connectivity index (χ3n) is 3.70. The lowest BCUT2D eigenvalue weighted by Gasteiger charge is -2.04. The summed E-state index contributed by atoms with van der Waals surface area (Å²) in [5.41, 5.74) is 0. The van der Waals surface area contributed by atoms with Crippen molar-refractivity contribution in [1.82, 2.24) is 0 Å². The van der Waals surface area contributed by atoms with E-state index in [2.05, 4.69) is 12.2 Å². The number of hydrogen-bond donors (Lipinski definition) is 2. The highest BCUT2D eigenvalue weighted by molar-refractivity contribution is 5.75. The number of rotatable bonds is 15. The maximum Gasteiger partial charge on any atom is 0.332 e. The van der Waals surface area contributed by atoms with Gasteiger partial charge in [-0.2, -0.15) is 0 Å². The molecule has 0 saturated carbocycles. The Morgan fingerprint density at radius 2 is 1.36 bits per heavy atom. The zero-order chi connectivity index (χ0) is 16.6. The van der Waals surface area contributed by atoms with Crippen LogP contribution in [0.2, 0.25) is 0 Å². The molecule has 4 heteroatoms. The molecule has 0 bridgehead atoms. The second-order valence-electron chi connectivity index (χ2n) is 5.97. The Bertz CT molecular complexity index is 323. The highest BCUT2D eigenvalue weighted by atomic mass is 16.4. The molecule has 0 spiro atoms. The van der Waals surface area contributed by atoms with Gasteiger partial charge in [-0.3, -0.25) is 0 Å². The Morgan fingerprint density at radius 3 is 1.86 bits per heavy atom. The van der Waals surface area contributed by atoms with Crippen LogP contribution in [0.5, 0.6) is 0 Å². The molecule has 0 aliphatic carbocycles. The first-order valence-electron chi connectivity index (χ1n) is 8.59. The lowest BCUT2D eigenvalue weighted by atomic mass is 10.1. The van der Waals surface area contributed by atoms with E-state index < -0.39 is 12.1 Å². The third kappa shape index (κ3) is 15.2. The van der Waals surface area contributed by atoms with Crippen LogP contribution in [0.4, 0.5) is 0 Å². The number of aliphatic carboxylic acids is 1. The van der Waals surface area contributed by atoms with Crippen molar-refractivity contribution >= 4 is 11.8 Å².